The maximum absolute atomic E-state index is 6.35. The molecule has 0 aliphatic carbocycles. The predicted molar refractivity (Wildman–Crippen MR) is 82.8 cm³/mol. The second kappa shape index (κ2) is 5.77. The number of nitrogens with two attached hydrogens (primary N) is 1. The van der Waals surface area contributed by atoms with E-state index in [1.165, 1.54) is 5.56 Å². The quantitative estimate of drug-likeness (QED) is 0.852. The third kappa shape index (κ3) is 3.17. The molecule has 0 spiro atoms. The average Bonchev–Trinajstić information content (AvgIpc) is 2.38. The van der Waals surface area contributed by atoms with Crippen LogP contribution in [-0.4, -0.2) is 0 Å². The van der Waals surface area contributed by atoms with Gasteiger partial charge < -0.3 is 5.73 Å². The molecule has 0 amide bonds. The summed E-state index contributed by atoms with van der Waals surface area (Å²) in [6.07, 6.45) is 0. The van der Waals surface area contributed by atoms with E-state index >= 15 is 0 Å². The van der Waals surface area contributed by atoms with Gasteiger partial charge >= 0.3 is 0 Å². The fourth-order valence-electron chi connectivity index (χ4n) is 2.26. The first-order valence-electron chi connectivity index (χ1n) is 6.60. The minimum absolute atomic E-state index is 0.0986. The molecule has 2 aromatic rings. The Bertz CT molecular complexity index is 558. The van der Waals surface area contributed by atoms with Crippen molar-refractivity contribution in [2.45, 2.75) is 32.7 Å². The predicted octanol–water partition coefficient (Wildman–Crippen LogP) is 4.82. The first-order valence-corrected chi connectivity index (χ1v) is 6.98. The second-order valence-corrected chi connectivity index (χ2v) is 5.74. The van der Waals surface area contributed by atoms with E-state index in [1.54, 1.807) is 0 Å². The van der Waals surface area contributed by atoms with Crippen molar-refractivity contribution in [3.05, 3.63) is 69.7 Å². The van der Waals surface area contributed by atoms with Crippen LogP contribution in [0.25, 0.3) is 0 Å². The van der Waals surface area contributed by atoms with Crippen LogP contribution < -0.4 is 5.73 Å². The molecule has 2 aromatic carbocycles. The molecule has 0 aliphatic rings. The van der Waals surface area contributed by atoms with Crippen molar-refractivity contribution in [1.82, 2.24) is 0 Å². The standard InChI is InChI=1S/C17H20ClN/c1-11(2)13-4-6-14(7-5-13)17(19)16-9-8-15(18)10-12(16)3/h4-11,17H,19H2,1-3H3. The van der Waals surface area contributed by atoms with Gasteiger partial charge in [0, 0.05) is 5.02 Å². The van der Waals surface area contributed by atoms with Gasteiger partial charge in [-0.1, -0.05) is 55.8 Å². The van der Waals surface area contributed by atoms with E-state index in [0.29, 0.717) is 5.92 Å². The Balaban J connectivity index is 2.30. The van der Waals surface area contributed by atoms with Crippen LogP contribution >= 0.6 is 11.6 Å². The minimum Gasteiger partial charge on any atom is -0.320 e. The van der Waals surface area contributed by atoms with Gasteiger partial charge in [-0.3, -0.25) is 0 Å². The normalized spacial score (nSPS) is 12.7. The van der Waals surface area contributed by atoms with Gasteiger partial charge in [-0.15, -0.1) is 0 Å². The van der Waals surface area contributed by atoms with Crippen LogP contribution in [-0.2, 0) is 0 Å². The molecule has 0 aliphatic heterocycles. The van der Waals surface area contributed by atoms with Crippen LogP contribution in [0.3, 0.4) is 0 Å². The minimum atomic E-state index is -0.0986. The summed E-state index contributed by atoms with van der Waals surface area (Å²) in [7, 11) is 0. The molecule has 2 N–H and O–H groups in total. The molecule has 0 aromatic heterocycles. The molecule has 1 unspecified atom stereocenters. The van der Waals surface area contributed by atoms with Crippen molar-refractivity contribution in [1.29, 1.82) is 0 Å². The molecule has 0 saturated heterocycles. The maximum atomic E-state index is 6.35. The van der Waals surface area contributed by atoms with Crippen LogP contribution in [0.1, 0.15) is 48.1 Å². The lowest BCUT2D eigenvalue weighted by atomic mass is 9.93. The lowest BCUT2D eigenvalue weighted by molar-refractivity contribution is 0.843. The molecular weight excluding hydrogens is 254 g/mol. The van der Waals surface area contributed by atoms with Crippen LogP contribution in [0.15, 0.2) is 42.5 Å². The van der Waals surface area contributed by atoms with Gasteiger partial charge in [-0.05, 0) is 47.2 Å². The second-order valence-electron chi connectivity index (χ2n) is 5.30. The highest BCUT2D eigenvalue weighted by atomic mass is 35.5. The highest BCUT2D eigenvalue weighted by Crippen LogP contribution is 2.26. The molecule has 0 saturated carbocycles. The zero-order valence-corrected chi connectivity index (χ0v) is 12.4. The van der Waals surface area contributed by atoms with E-state index in [0.717, 1.165) is 21.7 Å². The molecular formula is C17H20ClN. The van der Waals surface area contributed by atoms with E-state index in [1.807, 2.05) is 25.1 Å². The van der Waals surface area contributed by atoms with Gasteiger partial charge in [0.25, 0.3) is 0 Å². The maximum Gasteiger partial charge on any atom is 0.0554 e. The Kier molecular flexibility index (Phi) is 4.28. The average molecular weight is 274 g/mol. The number of hydrogen-bond acceptors (Lipinski definition) is 1. The number of rotatable bonds is 3. The highest BCUT2D eigenvalue weighted by molar-refractivity contribution is 6.30. The van der Waals surface area contributed by atoms with Crippen molar-refractivity contribution in [3.8, 4) is 0 Å². The van der Waals surface area contributed by atoms with Gasteiger partial charge in [0.1, 0.15) is 0 Å². The zero-order chi connectivity index (χ0) is 14.0. The third-order valence-electron chi connectivity index (χ3n) is 3.53. The third-order valence-corrected chi connectivity index (χ3v) is 3.76. The summed E-state index contributed by atoms with van der Waals surface area (Å²) >= 11 is 5.98. The number of halogens is 1. The fraction of sp³-hybridized carbons (Fsp3) is 0.294. The summed E-state index contributed by atoms with van der Waals surface area (Å²) in [4.78, 5) is 0. The van der Waals surface area contributed by atoms with Gasteiger partial charge in [0.15, 0.2) is 0 Å². The molecule has 100 valence electrons. The molecule has 0 fully saturated rings. The Morgan fingerprint density at radius 2 is 1.53 bits per heavy atom. The van der Waals surface area contributed by atoms with Crippen molar-refractivity contribution < 1.29 is 0 Å². The monoisotopic (exact) mass is 273 g/mol. The molecule has 0 radical (unpaired) electrons. The Morgan fingerprint density at radius 3 is 2.05 bits per heavy atom. The van der Waals surface area contributed by atoms with Crippen LogP contribution in [0, 0.1) is 6.92 Å². The number of benzene rings is 2. The van der Waals surface area contributed by atoms with Crippen molar-refractivity contribution in [2.75, 3.05) is 0 Å². The smallest absolute Gasteiger partial charge is 0.0554 e. The molecule has 2 heteroatoms. The lowest BCUT2D eigenvalue weighted by Gasteiger charge is -2.16. The molecule has 19 heavy (non-hydrogen) atoms. The Hall–Kier alpha value is -1.31. The molecule has 1 nitrogen and oxygen atoms in total. The zero-order valence-electron chi connectivity index (χ0n) is 11.7. The van der Waals surface area contributed by atoms with Crippen LogP contribution in [0.2, 0.25) is 5.02 Å². The first kappa shape index (κ1) is 14.1. The Labute approximate surface area is 120 Å². The fourth-order valence-corrected chi connectivity index (χ4v) is 2.48. The van der Waals surface area contributed by atoms with Crippen molar-refractivity contribution in [2.24, 2.45) is 5.73 Å². The SMILES string of the molecule is Cc1cc(Cl)ccc1C(N)c1ccc(C(C)C)cc1. The van der Waals surface area contributed by atoms with E-state index in [9.17, 15) is 0 Å². The van der Waals surface area contributed by atoms with Crippen molar-refractivity contribution in [3.63, 3.8) is 0 Å². The molecule has 1 atom stereocenters. The summed E-state index contributed by atoms with van der Waals surface area (Å²) in [5.41, 5.74) is 11.1. The van der Waals surface area contributed by atoms with Crippen molar-refractivity contribution >= 4 is 11.6 Å². The summed E-state index contributed by atoms with van der Waals surface area (Å²) in [6.45, 7) is 6.43. The van der Waals surface area contributed by atoms with Gasteiger partial charge in [0.2, 0.25) is 0 Å². The van der Waals surface area contributed by atoms with Gasteiger partial charge in [-0.25, -0.2) is 0 Å². The Morgan fingerprint density at radius 1 is 0.947 bits per heavy atom. The number of aryl methyl sites for hydroxylation is 1. The summed E-state index contributed by atoms with van der Waals surface area (Å²) in [5.74, 6) is 0.544. The van der Waals surface area contributed by atoms with Crippen LogP contribution in [0.5, 0.6) is 0 Å². The molecule has 0 bridgehead atoms. The highest BCUT2D eigenvalue weighted by Gasteiger charge is 2.12. The van der Waals surface area contributed by atoms with E-state index in [4.69, 9.17) is 17.3 Å². The largest absolute Gasteiger partial charge is 0.320 e. The summed E-state index contributed by atoms with van der Waals surface area (Å²) in [6, 6.07) is 14.3. The van der Waals surface area contributed by atoms with Gasteiger partial charge in [-0.2, -0.15) is 0 Å². The molecule has 2 rings (SSSR count). The summed E-state index contributed by atoms with van der Waals surface area (Å²) < 4.78 is 0. The van der Waals surface area contributed by atoms with E-state index in [-0.39, 0.29) is 6.04 Å². The topological polar surface area (TPSA) is 26.0 Å². The number of hydrogen-bond donors (Lipinski definition) is 1. The first-order chi connectivity index (χ1) is 8.99. The summed E-state index contributed by atoms with van der Waals surface area (Å²) in [5, 5.41) is 0.753. The molecule has 0 heterocycles. The van der Waals surface area contributed by atoms with E-state index in [2.05, 4.69) is 38.1 Å². The van der Waals surface area contributed by atoms with Crippen LogP contribution in [0.4, 0.5) is 0 Å². The lowest BCUT2D eigenvalue weighted by Crippen LogP contribution is -2.13. The van der Waals surface area contributed by atoms with E-state index < -0.39 is 0 Å². The van der Waals surface area contributed by atoms with Gasteiger partial charge in [0.05, 0.1) is 6.04 Å².